The van der Waals surface area contributed by atoms with Gasteiger partial charge in [0.25, 0.3) is 0 Å². The monoisotopic (exact) mass is 456 g/mol. The van der Waals surface area contributed by atoms with E-state index in [0.717, 1.165) is 23.3 Å². The Kier molecular flexibility index (Phi) is 5.83. The number of amides is 1. The molecule has 0 spiro atoms. The molecule has 3 aromatic heterocycles. The molecule has 33 heavy (non-hydrogen) atoms. The molecule has 5 rings (SSSR count). The first-order valence-corrected chi connectivity index (χ1v) is 12.0. The quantitative estimate of drug-likeness (QED) is 0.340. The van der Waals surface area contributed by atoms with Crippen LogP contribution < -0.4 is 5.32 Å². The Balaban J connectivity index is 1.33. The van der Waals surface area contributed by atoms with Crippen LogP contribution in [-0.4, -0.2) is 36.0 Å². The highest BCUT2D eigenvalue weighted by Crippen LogP contribution is 2.31. The van der Waals surface area contributed by atoms with Crippen LogP contribution in [0.5, 0.6) is 0 Å². The van der Waals surface area contributed by atoms with Crippen molar-refractivity contribution in [2.75, 3.05) is 11.1 Å². The zero-order valence-corrected chi connectivity index (χ0v) is 19.3. The second-order valence-electron chi connectivity index (χ2n) is 7.60. The van der Waals surface area contributed by atoms with Gasteiger partial charge in [-0.2, -0.15) is 0 Å². The fourth-order valence-electron chi connectivity index (χ4n) is 4.16. The maximum Gasteiger partial charge on any atom is 0.234 e. The first-order valence-electron chi connectivity index (χ1n) is 11.0. The number of pyridine rings is 1. The molecule has 0 fully saturated rings. The van der Waals surface area contributed by atoms with Gasteiger partial charge in [0.2, 0.25) is 5.91 Å². The number of carbonyl (C=O) groups is 1. The number of thioether (sulfide) groups is 1. The lowest BCUT2D eigenvalue weighted by Gasteiger charge is -2.08. The number of nitrogens with zero attached hydrogens (tertiary/aromatic N) is 5. The van der Waals surface area contributed by atoms with Crippen molar-refractivity contribution in [3.63, 3.8) is 0 Å². The van der Waals surface area contributed by atoms with Crippen molar-refractivity contribution in [1.82, 2.24) is 24.3 Å². The molecule has 0 radical (unpaired) electrons. The third-order valence-electron chi connectivity index (χ3n) is 5.63. The van der Waals surface area contributed by atoms with E-state index in [1.165, 1.54) is 28.2 Å². The smallest absolute Gasteiger partial charge is 0.234 e. The van der Waals surface area contributed by atoms with Gasteiger partial charge in [0, 0.05) is 46.8 Å². The molecule has 0 saturated carbocycles. The van der Waals surface area contributed by atoms with Gasteiger partial charge in [-0.05, 0) is 50.2 Å². The summed E-state index contributed by atoms with van der Waals surface area (Å²) in [6.45, 7) is 5.76. The van der Waals surface area contributed by atoms with Gasteiger partial charge in [-0.25, -0.2) is 0 Å². The van der Waals surface area contributed by atoms with Crippen molar-refractivity contribution in [3.8, 4) is 11.5 Å². The van der Waals surface area contributed by atoms with E-state index in [0.29, 0.717) is 17.5 Å². The maximum atomic E-state index is 12.7. The molecule has 0 unspecified atom stereocenters. The van der Waals surface area contributed by atoms with E-state index in [1.54, 1.807) is 6.20 Å². The van der Waals surface area contributed by atoms with Crippen LogP contribution in [0.4, 0.5) is 5.69 Å². The number of benzene rings is 2. The summed E-state index contributed by atoms with van der Waals surface area (Å²) in [5.41, 5.74) is 3.93. The van der Waals surface area contributed by atoms with Gasteiger partial charge in [-0.1, -0.05) is 36.0 Å². The number of rotatable bonds is 7. The minimum atomic E-state index is -0.0800. The van der Waals surface area contributed by atoms with Gasteiger partial charge in [0.15, 0.2) is 11.0 Å². The minimum Gasteiger partial charge on any atom is -0.341 e. The van der Waals surface area contributed by atoms with Crippen LogP contribution in [0.2, 0.25) is 0 Å². The van der Waals surface area contributed by atoms with Crippen molar-refractivity contribution in [1.29, 1.82) is 0 Å². The second-order valence-corrected chi connectivity index (χ2v) is 8.54. The van der Waals surface area contributed by atoms with Crippen LogP contribution in [0.25, 0.3) is 33.3 Å². The van der Waals surface area contributed by atoms with Crippen molar-refractivity contribution < 1.29 is 4.79 Å². The Bertz CT molecular complexity index is 1440. The molecular weight excluding hydrogens is 432 g/mol. The van der Waals surface area contributed by atoms with Gasteiger partial charge in [-0.15, -0.1) is 10.2 Å². The maximum absolute atomic E-state index is 12.7. The number of hydrogen-bond acceptors (Lipinski definition) is 5. The summed E-state index contributed by atoms with van der Waals surface area (Å²) in [5.74, 6) is 0.872. The molecule has 0 aliphatic heterocycles. The second kappa shape index (κ2) is 9.07. The summed E-state index contributed by atoms with van der Waals surface area (Å²) in [6.07, 6.45) is 1.74. The summed E-state index contributed by atoms with van der Waals surface area (Å²) in [5, 5.41) is 14.6. The van der Waals surface area contributed by atoms with E-state index in [9.17, 15) is 4.79 Å². The van der Waals surface area contributed by atoms with Crippen LogP contribution in [0, 0.1) is 0 Å². The van der Waals surface area contributed by atoms with Crippen LogP contribution in [0.3, 0.4) is 0 Å². The highest BCUT2D eigenvalue weighted by atomic mass is 32.2. The van der Waals surface area contributed by atoms with Crippen molar-refractivity contribution >= 4 is 45.2 Å². The van der Waals surface area contributed by atoms with E-state index in [2.05, 4.69) is 62.3 Å². The Morgan fingerprint density at radius 2 is 1.70 bits per heavy atom. The number of carbonyl (C=O) groups excluding carboxylic acids is 1. The molecule has 3 heterocycles. The highest BCUT2D eigenvalue weighted by Gasteiger charge is 2.16. The van der Waals surface area contributed by atoms with Crippen LogP contribution >= 0.6 is 11.8 Å². The zero-order chi connectivity index (χ0) is 22.8. The lowest BCUT2D eigenvalue weighted by molar-refractivity contribution is -0.113. The van der Waals surface area contributed by atoms with Gasteiger partial charge in [-0.3, -0.25) is 9.78 Å². The van der Waals surface area contributed by atoms with Crippen molar-refractivity contribution in [3.05, 3.63) is 66.9 Å². The summed E-state index contributed by atoms with van der Waals surface area (Å²) in [7, 11) is 0. The van der Waals surface area contributed by atoms with Gasteiger partial charge in [0.1, 0.15) is 5.69 Å². The fourth-order valence-corrected chi connectivity index (χ4v) is 4.97. The predicted molar refractivity (Wildman–Crippen MR) is 133 cm³/mol. The van der Waals surface area contributed by atoms with Crippen molar-refractivity contribution in [2.24, 2.45) is 0 Å². The lowest BCUT2D eigenvalue weighted by atomic mass is 10.1. The minimum absolute atomic E-state index is 0.0800. The average Bonchev–Trinajstić information content (AvgIpc) is 3.41. The Hall–Kier alpha value is -3.65. The number of nitrogens with one attached hydrogen (secondary N) is 1. The number of aryl methyl sites for hydroxylation is 1. The van der Waals surface area contributed by atoms with E-state index in [4.69, 9.17) is 0 Å². The molecule has 0 bridgehead atoms. The SMILES string of the molecule is CCn1c(SCC(=O)Nc2ccc3c(c2)c2ccccc2n3CC)nnc1-c1ccccn1. The molecular formula is C25H24N6OS. The summed E-state index contributed by atoms with van der Waals surface area (Å²) >= 11 is 1.37. The summed E-state index contributed by atoms with van der Waals surface area (Å²) in [6, 6.07) is 20.2. The van der Waals surface area contributed by atoms with E-state index < -0.39 is 0 Å². The molecule has 0 saturated heterocycles. The Morgan fingerprint density at radius 1 is 0.909 bits per heavy atom. The molecule has 0 aliphatic carbocycles. The number of fused-ring (bicyclic) bond motifs is 3. The summed E-state index contributed by atoms with van der Waals surface area (Å²) in [4.78, 5) is 17.1. The van der Waals surface area contributed by atoms with E-state index in [-0.39, 0.29) is 11.7 Å². The Morgan fingerprint density at radius 3 is 2.48 bits per heavy atom. The molecule has 5 aromatic rings. The zero-order valence-electron chi connectivity index (χ0n) is 18.5. The average molecular weight is 457 g/mol. The molecule has 166 valence electrons. The molecule has 8 heteroatoms. The molecule has 1 amide bonds. The van der Waals surface area contributed by atoms with Crippen LogP contribution in [0.1, 0.15) is 13.8 Å². The standard InChI is InChI=1S/C25H24N6OS/c1-3-30-21-11-6-5-9-18(21)19-15-17(12-13-22(19)30)27-23(32)16-33-25-29-28-24(31(25)4-2)20-10-7-8-14-26-20/h5-15H,3-4,16H2,1-2H3,(H,27,32). The predicted octanol–water partition coefficient (Wildman–Crippen LogP) is 5.22. The molecule has 7 nitrogen and oxygen atoms in total. The number of para-hydroxylation sites is 1. The van der Waals surface area contributed by atoms with Gasteiger partial charge >= 0.3 is 0 Å². The lowest BCUT2D eigenvalue weighted by Crippen LogP contribution is -2.14. The number of hydrogen-bond donors (Lipinski definition) is 1. The first-order chi connectivity index (χ1) is 16.2. The molecule has 2 aromatic carbocycles. The number of anilines is 1. The number of aromatic nitrogens is 5. The largest absolute Gasteiger partial charge is 0.341 e. The van der Waals surface area contributed by atoms with Crippen LogP contribution in [-0.2, 0) is 17.9 Å². The van der Waals surface area contributed by atoms with Crippen molar-refractivity contribution in [2.45, 2.75) is 32.1 Å². The highest BCUT2D eigenvalue weighted by molar-refractivity contribution is 7.99. The molecule has 0 atom stereocenters. The summed E-state index contributed by atoms with van der Waals surface area (Å²) < 4.78 is 4.27. The van der Waals surface area contributed by atoms with Gasteiger partial charge < -0.3 is 14.5 Å². The van der Waals surface area contributed by atoms with E-state index >= 15 is 0 Å². The fraction of sp³-hybridized carbons (Fsp3) is 0.200. The first kappa shape index (κ1) is 21.2. The normalized spacial score (nSPS) is 11.3. The third-order valence-corrected chi connectivity index (χ3v) is 6.60. The topological polar surface area (TPSA) is 77.6 Å². The van der Waals surface area contributed by atoms with E-state index in [1.807, 2.05) is 41.8 Å². The molecule has 0 aliphatic rings. The Labute approximate surface area is 195 Å². The van der Waals surface area contributed by atoms with Crippen LogP contribution in [0.15, 0.2) is 72.0 Å². The van der Waals surface area contributed by atoms with Gasteiger partial charge in [0.05, 0.1) is 5.75 Å². The molecule has 1 N–H and O–H groups in total. The third kappa shape index (κ3) is 3.98.